The molecule has 6 aromatic rings. The molecule has 0 aliphatic heterocycles. The molecule has 6 rings (SSSR count). The van der Waals surface area contributed by atoms with Gasteiger partial charge in [0.2, 0.25) is 0 Å². The lowest BCUT2D eigenvalue weighted by Crippen LogP contribution is -2.44. The summed E-state index contributed by atoms with van der Waals surface area (Å²) in [5.41, 5.74) is 7.65. The number of oxime groups is 1. The van der Waals surface area contributed by atoms with E-state index in [0.717, 1.165) is 33.4 Å². The van der Waals surface area contributed by atoms with Crippen LogP contribution < -0.4 is 0 Å². The zero-order valence-electron chi connectivity index (χ0n) is 42.8. The van der Waals surface area contributed by atoms with Gasteiger partial charge in [-0.05, 0) is 114 Å². The number of benzene rings is 6. The minimum Gasteiger partial charge on any atom is -0.461 e. The molecule has 76 heavy (non-hydrogen) atoms. The van der Waals surface area contributed by atoms with Crippen molar-refractivity contribution >= 4 is 80.2 Å². The van der Waals surface area contributed by atoms with E-state index < -0.39 is 69.9 Å². The number of halogens is 2. The van der Waals surface area contributed by atoms with Crippen LogP contribution in [0.1, 0.15) is 95.5 Å². The fourth-order valence-corrected chi connectivity index (χ4v) is 7.82. The van der Waals surface area contributed by atoms with Gasteiger partial charge in [-0.25, -0.2) is 28.8 Å². The molecule has 0 fully saturated rings. The van der Waals surface area contributed by atoms with Gasteiger partial charge in [0.15, 0.2) is 30.7 Å². The number of nitrogens with zero attached hydrogens (tertiary/aromatic N) is 1. The highest BCUT2D eigenvalue weighted by molar-refractivity contribution is 9.09. The van der Waals surface area contributed by atoms with Crippen LogP contribution in [0, 0.1) is 41.5 Å². The largest absolute Gasteiger partial charge is 0.461 e. The van der Waals surface area contributed by atoms with Crippen LogP contribution in [0.2, 0.25) is 0 Å². The summed E-state index contributed by atoms with van der Waals surface area (Å²) in [4.78, 5) is 91.9. The van der Waals surface area contributed by atoms with Gasteiger partial charge >= 0.3 is 35.8 Å². The lowest BCUT2D eigenvalue weighted by Gasteiger charge is -2.28. The van der Waals surface area contributed by atoms with Gasteiger partial charge in [-0.2, -0.15) is 0 Å². The highest BCUT2D eigenvalue weighted by Crippen LogP contribution is 2.23. The Bertz CT molecular complexity index is 2930. The fourth-order valence-electron chi connectivity index (χ4n) is 6.74. The van der Waals surface area contributed by atoms with Crippen molar-refractivity contribution in [1.82, 2.24) is 0 Å². The van der Waals surface area contributed by atoms with Crippen LogP contribution in [-0.2, 0) is 38.1 Å². The van der Waals surface area contributed by atoms with Gasteiger partial charge in [0, 0.05) is 0 Å². The molecule has 0 saturated heterocycles. The Labute approximate surface area is 458 Å². The molecule has 6 aromatic carbocycles. The maximum atomic E-state index is 13.1. The van der Waals surface area contributed by atoms with Gasteiger partial charge in [-0.15, -0.1) is 0 Å². The van der Waals surface area contributed by atoms with Crippen LogP contribution in [-0.4, -0.2) is 103 Å². The van der Waals surface area contributed by atoms with Gasteiger partial charge in [-0.1, -0.05) is 143 Å². The molecule has 0 spiro atoms. The molecule has 17 heteroatoms. The molecule has 0 aromatic heterocycles. The Morgan fingerprint density at radius 2 is 0.632 bits per heavy atom. The summed E-state index contributed by atoms with van der Waals surface area (Å²) in [6, 6.07) is 40.7. The average molecular weight is 1160 g/mol. The first-order valence-electron chi connectivity index (χ1n) is 23.7. The molecule has 0 saturated carbocycles. The third-order valence-corrected chi connectivity index (χ3v) is 12.8. The number of aldehydes is 1. The summed E-state index contributed by atoms with van der Waals surface area (Å²) < 4.78 is 33.4. The predicted octanol–water partition coefficient (Wildman–Crippen LogP) is 10.8. The van der Waals surface area contributed by atoms with Crippen LogP contribution in [0.25, 0.3) is 0 Å². The van der Waals surface area contributed by atoms with Crippen LogP contribution in [0.4, 0.5) is 0 Å². The smallest absolute Gasteiger partial charge is 0.338 e. The highest BCUT2D eigenvalue weighted by atomic mass is 79.9. The van der Waals surface area contributed by atoms with Crippen molar-refractivity contribution < 1.29 is 66.8 Å². The number of esters is 6. The third kappa shape index (κ3) is 18.3. The first kappa shape index (κ1) is 59.1. The van der Waals surface area contributed by atoms with Gasteiger partial charge in [0.05, 0.1) is 49.2 Å². The number of alkyl halides is 2. The molecule has 0 heterocycles. The molecule has 15 nitrogen and oxygen atoms in total. The number of ether oxygens (including phenoxy) is 6. The number of hydrogen-bond acceptors (Lipinski definition) is 15. The minimum absolute atomic E-state index is 0.196. The predicted molar refractivity (Wildman–Crippen MR) is 291 cm³/mol. The number of carbonyl (C=O) groups is 7. The number of carbonyl (C=O) groups excluding carboxylic acids is 7. The highest BCUT2D eigenvalue weighted by Gasteiger charge is 2.37. The lowest BCUT2D eigenvalue weighted by atomic mass is 10.1. The zero-order valence-corrected chi connectivity index (χ0v) is 46.0. The summed E-state index contributed by atoms with van der Waals surface area (Å²) in [6.45, 7) is 10.9. The summed E-state index contributed by atoms with van der Waals surface area (Å²) in [6.07, 6.45) is -3.48. The van der Waals surface area contributed by atoms with E-state index >= 15 is 0 Å². The van der Waals surface area contributed by atoms with Crippen LogP contribution in [0.15, 0.2) is 151 Å². The maximum absolute atomic E-state index is 13.1. The fraction of sp³-hybridized carbons (Fsp3) is 0.254. The van der Waals surface area contributed by atoms with E-state index in [4.69, 9.17) is 33.3 Å². The molecular weight excluding hydrogens is 1110 g/mol. The zero-order chi connectivity index (χ0) is 55.3. The standard InChI is InChI=1S/C30H30BrNO7.C29H27BrO7/c1-19-5-11-22(12-6-19)28(33)37-18-25(31)27(39-30(35)24-15-9-21(3)10-16-24)26(17-32-36-4)38-29(34)23-13-7-20(2)8-14-23;1-18-4-10-21(11-5-18)27(32)35-17-24(30)26(37-29(34)23-14-8-20(3)9-15-23)25(16-31)36-28(33)22-12-6-19(2)7-13-22/h5-17,25-27H,18H2,1-4H3;4-16,24-26H,17H2,1-3H3/b32-17+;/t25-,26+,27+;24-,25+,26+/m11/s1. The van der Waals surface area contributed by atoms with Crippen LogP contribution >= 0.6 is 31.9 Å². The monoisotopic (exact) mass is 1160 g/mol. The molecule has 0 radical (unpaired) electrons. The van der Waals surface area contributed by atoms with Crippen molar-refractivity contribution in [2.45, 2.75) is 75.6 Å². The quantitative estimate of drug-likeness (QED) is 0.0165. The molecular formula is C59H57Br2NO14. The minimum atomic E-state index is -1.47. The Morgan fingerprint density at radius 1 is 0.395 bits per heavy atom. The number of rotatable bonds is 21. The first-order valence-corrected chi connectivity index (χ1v) is 25.6. The second kappa shape index (κ2) is 29.4. The summed E-state index contributed by atoms with van der Waals surface area (Å²) in [5.74, 6) is -3.94. The molecule has 0 aliphatic carbocycles. The molecule has 0 bridgehead atoms. The van der Waals surface area contributed by atoms with Gasteiger partial charge in [0.25, 0.3) is 0 Å². The van der Waals surface area contributed by atoms with E-state index in [-0.39, 0.29) is 24.3 Å². The van der Waals surface area contributed by atoms with Crippen molar-refractivity contribution in [2.75, 3.05) is 20.3 Å². The van der Waals surface area contributed by atoms with Gasteiger partial charge in [-0.3, -0.25) is 4.79 Å². The molecule has 0 amide bonds. The van der Waals surface area contributed by atoms with Crippen LogP contribution in [0.5, 0.6) is 0 Å². The molecule has 0 N–H and O–H groups in total. The first-order chi connectivity index (χ1) is 36.3. The number of aryl methyl sites for hydroxylation is 6. The van der Waals surface area contributed by atoms with E-state index in [2.05, 4.69) is 37.0 Å². The van der Waals surface area contributed by atoms with Crippen molar-refractivity contribution in [3.63, 3.8) is 0 Å². The number of hydrogen-bond donors (Lipinski definition) is 0. The van der Waals surface area contributed by atoms with Crippen molar-refractivity contribution in [1.29, 1.82) is 0 Å². The summed E-state index contributed by atoms with van der Waals surface area (Å²) >= 11 is 6.83. The Balaban J connectivity index is 0.000000281. The molecule has 6 atom stereocenters. The Kier molecular flexibility index (Phi) is 22.8. The lowest BCUT2D eigenvalue weighted by molar-refractivity contribution is -0.122. The molecule has 396 valence electrons. The van der Waals surface area contributed by atoms with Crippen LogP contribution in [0.3, 0.4) is 0 Å². The maximum Gasteiger partial charge on any atom is 0.338 e. The van der Waals surface area contributed by atoms with Crippen molar-refractivity contribution in [3.8, 4) is 0 Å². The molecule has 0 unspecified atom stereocenters. The normalized spacial score (nSPS) is 13.2. The summed E-state index contributed by atoms with van der Waals surface area (Å²) in [7, 11) is 1.33. The van der Waals surface area contributed by atoms with Gasteiger partial charge < -0.3 is 33.3 Å². The van der Waals surface area contributed by atoms with E-state index in [1.165, 1.54) is 13.3 Å². The van der Waals surface area contributed by atoms with E-state index in [1.54, 1.807) is 146 Å². The topological polar surface area (TPSA) is 196 Å². The van der Waals surface area contributed by atoms with Crippen molar-refractivity contribution in [3.05, 3.63) is 212 Å². The second-order valence-corrected chi connectivity index (χ2v) is 19.8. The Hall–Kier alpha value is -7.76. The Morgan fingerprint density at radius 3 is 0.895 bits per heavy atom. The summed E-state index contributed by atoms with van der Waals surface area (Å²) in [5, 5.41) is 3.76. The molecule has 0 aliphatic rings. The third-order valence-electron chi connectivity index (χ3n) is 11.3. The van der Waals surface area contributed by atoms with E-state index in [9.17, 15) is 33.6 Å². The van der Waals surface area contributed by atoms with E-state index in [1.807, 2.05) is 41.5 Å². The average Bonchev–Trinajstić information content (AvgIpc) is 3.41. The van der Waals surface area contributed by atoms with Crippen molar-refractivity contribution in [2.24, 2.45) is 5.16 Å². The second-order valence-electron chi connectivity index (χ2n) is 17.5. The SMILES string of the molecule is CO/N=C/[C@H](OC(=O)c1ccc(C)cc1)[C@@H](OC(=O)c1ccc(C)cc1)[C@H](Br)COC(=O)c1ccc(C)cc1.Cc1ccc(C(=O)OC[C@@H](Br)[C@H](OC(=O)c2ccc(C)cc2)[C@H](C=O)OC(=O)c2ccc(C)cc2)cc1. The van der Waals surface area contributed by atoms with E-state index in [0.29, 0.717) is 28.5 Å². The van der Waals surface area contributed by atoms with Gasteiger partial charge in [0.1, 0.15) is 20.3 Å².